The summed E-state index contributed by atoms with van der Waals surface area (Å²) in [6.45, 7) is 3.06. The summed E-state index contributed by atoms with van der Waals surface area (Å²) >= 11 is 1.38. The molecule has 0 spiro atoms. The number of para-hydroxylation sites is 1. The molecule has 7 heteroatoms. The van der Waals surface area contributed by atoms with Crippen molar-refractivity contribution >= 4 is 28.6 Å². The number of amides is 1. The summed E-state index contributed by atoms with van der Waals surface area (Å²) in [5.41, 5.74) is 1.84. The number of carbonyl (C=O) groups excluding carboxylic acids is 1. The van der Waals surface area contributed by atoms with Gasteiger partial charge in [0, 0.05) is 35.5 Å². The van der Waals surface area contributed by atoms with Crippen molar-refractivity contribution in [1.29, 1.82) is 0 Å². The number of aryl methyl sites for hydroxylation is 1. The lowest BCUT2D eigenvalue weighted by atomic mass is 10.1. The predicted molar refractivity (Wildman–Crippen MR) is 121 cm³/mol. The molecule has 0 saturated heterocycles. The van der Waals surface area contributed by atoms with E-state index < -0.39 is 0 Å². The average Bonchev–Trinajstić information content (AvgIpc) is 2.77. The number of carbonyl (C=O) groups is 1. The molecule has 1 aromatic heterocycles. The van der Waals surface area contributed by atoms with Gasteiger partial charge in [0.2, 0.25) is 5.91 Å². The van der Waals surface area contributed by atoms with E-state index >= 15 is 0 Å². The molecule has 0 unspecified atom stereocenters. The Labute approximate surface area is 180 Å². The van der Waals surface area contributed by atoms with E-state index in [1.54, 1.807) is 24.9 Å². The minimum atomic E-state index is -0.0729. The summed E-state index contributed by atoms with van der Waals surface area (Å²) in [7, 11) is 3.23. The zero-order chi connectivity index (χ0) is 21.5. The number of pyridine rings is 1. The van der Waals surface area contributed by atoms with Gasteiger partial charge >= 0.3 is 0 Å². The minimum absolute atomic E-state index is 0.0503. The molecule has 0 saturated carbocycles. The smallest absolute Gasteiger partial charge is 0.252 e. The first-order chi connectivity index (χ1) is 14.6. The molecule has 0 bridgehead atoms. The maximum atomic E-state index is 12.4. The van der Waals surface area contributed by atoms with Gasteiger partial charge in [-0.25, -0.2) is 0 Å². The van der Waals surface area contributed by atoms with E-state index in [9.17, 15) is 9.59 Å². The molecular formula is C23H26N2O4S. The zero-order valence-corrected chi connectivity index (χ0v) is 18.3. The predicted octanol–water partition coefficient (Wildman–Crippen LogP) is 3.49. The van der Waals surface area contributed by atoms with Crippen LogP contribution in [-0.4, -0.2) is 37.0 Å². The fraction of sp³-hybridized carbons (Fsp3) is 0.304. The molecule has 1 amide bonds. The number of ether oxygens (including phenoxy) is 2. The third kappa shape index (κ3) is 4.97. The third-order valence-electron chi connectivity index (χ3n) is 4.87. The summed E-state index contributed by atoms with van der Waals surface area (Å²) in [4.78, 5) is 25.6. The standard InChI is InChI=1S/C23H26N2O4S/c1-4-25-19-8-6-5-7-18(19)21(14-23(25)27)30-15-22(26)24-12-11-16-9-10-17(28-2)13-20(16)29-3/h5-10,13-14H,4,11-12,15H2,1-3H3,(H,24,26). The number of benzene rings is 2. The number of nitrogens with one attached hydrogen (secondary N) is 1. The van der Waals surface area contributed by atoms with Crippen LogP contribution in [0.2, 0.25) is 0 Å². The van der Waals surface area contributed by atoms with Crippen molar-refractivity contribution in [2.45, 2.75) is 24.8 Å². The molecule has 6 nitrogen and oxygen atoms in total. The van der Waals surface area contributed by atoms with Crippen molar-refractivity contribution in [3.8, 4) is 11.5 Å². The fourth-order valence-corrected chi connectivity index (χ4v) is 4.24. The Morgan fingerprint density at radius 1 is 1.10 bits per heavy atom. The Morgan fingerprint density at radius 3 is 2.63 bits per heavy atom. The molecule has 0 atom stereocenters. The lowest BCUT2D eigenvalue weighted by Gasteiger charge is -2.12. The second-order valence-corrected chi connectivity index (χ2v) is 7.69. The van der Waals surface area contributed by atoms with E-state index in [2.05, 4.69) is 5.32 Å². The van der Waals surface area contributed by atoms with Crippen LogP contribution in [0.5, 0.6) is 11.5 Å². The van der Waals surface area contributed by atoms with Crippen molar-refractivity contribution in [2.24, 2.45) is 0 Å². The molecule has 0 aliphatic carbocycles. The molecule has 30 heavy (non-hydrogen) atoms. The molecule has 158 valence electrons. The van der Waals surface area contributed by atoms with Crippen molar-refractivity contribution in [3.05, 3.63) is 64.4 Å². The summed E-state index contributed by atoms with van der Waals surface area (Å²) in [5.74, 6) is 1.64. The van der Waals surface area contributed by atoms with E-state index in [-0.39, 0.29) is 17.2 Å². The van der Waals surface area contributed by atoms with Gasteiger partial charge in [-0.3, -0.25) is 9.59 Å². The van der Waals surface area contributed by atoms with Gasteiger partial charge in [0.15, 0.2) is 0 Å². The van der Waals surface area contributed by atoms with Crippen LogP contribution in [-0.2, 0) is 17.8 Å². The molecule has 0 aliphatic rings. The highest BCUT2D eigenvalue weighted by atomic mass is 32.2. The third-order valence-corrected chi connectivity index (χ3v) is 5.92. The first-order valence-electron chi connectivity index (χ1n) is 9.80. The van der Waals surface area contributed by atoms with Gasteiger partial charge in [-0.15, -0.1) is 11.8 Å². The number of rotatable bonds is 9. The molecule has 0 aliphatic heterocycles. The average molecular weight is 427 g/mol. The lowest BCUT2D eigenvalue weighted by molar-refractivity contribution is -0.118. The Morgan fingerprint density at radius 2 is 1.90 bits per heavy atom. The van der Waals surface area contributed by atoms with Crippen LogP contribution in [0.3, 0.4) is 0 Å². The first-order valence-corrected chi connectivity index (χ1v) is 10.8. The monoisotopic (exact) mass is 426 g/mol. The molecule has 2 aromatic carbocycles. The molecule has 0 radical (unpaired) electrons. The Hall–Kier alpha value is -2.93. The van der Waals surface area contributed by atoms with Crippen molar-refractivity contribution in [2.75, 3.05) is 26.5 Å². The van der Waals surface area contributed by atoms with Crippen molar-refractivity contribution in [1.82, 2.24) is 9.88 Å². The zero-order valence-electron chi connectivity index (χ0n) is 17.4. The van der Waals surface area contributed by atoms with E-state index in [4.69, 9.17) is 9.47 Å². The van der Waals surface area contributed by atoms with Gasteiger partial charge in [0.1, 0.15) is 11.5 Å². The van der Waals surface area contributed by atoms with Gasteiger partial charge in [-0.05, 0) is 31.0 Å². The summed E-state index contributed by atoms with van der Waals surface area (Å²) < 4.78 is 12.3. The van der Waals surface area contributed by atoms with E-state index in [0.29, 0.717) is 19.5 Å². The van der Waals surface area contributed by atoms with Crippen LogP contribution in [0.4, 0.5) is 0 Å². The van der Waals surface area contributed by atoms with Crippen LogP contribution in [0.25, 0.3) is 10.9 Å². The summed E-state index contributed by atoms with van der Waals surface area (Å²) in [6, 6.07) is 15.0. The summed E-state index contributed by atoms with van der Waals surface area (Å²) in [6.07, 6.45) is 0.652. The van der Waals surface area contributed by atoms with Crippen LogP contribution < -0.4 is 20.3 Å². The normalized spacial score (nSPS) is 10.8. The second kappa shape index (κ2) is 10.2. The number of methoxy groups -OCH3 is 2. The number of aromatic nitrogens is 1. The number of nitrogens with zero attached hydrogens (tertiary/aromatic N) is 1. The van der Waals surface area contributed by atoms with Gasteiger partial charge in [0.05, 0.1) is 25.5 Å². The molecule has 0 fully saturated rings. The maximum absolute atomic E-state index is 12.4. The largest absolute Gasteiger partial charge is 0.497 e. The SMILES string of the molecule is CCn1c(=O)cc(SCC(=O)NCCc2ccc(OC)cc2OC)c2ccccc21. The molecule has 3 rings (SSSR count). The van der Waals surface area contributed by atoms with Crippen LogP contribution >= 0.6 is 11.8 Å². The van der Waals surface area contributed by atoms with Gasteiger partial charge < -0.3 is 19.4 Å². The van der Waals surface area contributed by atoms with E-state index in [1.807, 2.05) is 49.4 Å². The van der Waals surface area contributed by atoms with Crippen LogP contribution in [0, 0.1) is 0 Å². The molecule has 3 aromatic rings. The van der Waals surface area contributed by atoms with Gasteiger partial charge in [0.25, 0.3) is 5.56 Å². The highest BCUT2D eigenvalue weighted by Crippen LogP contribution is 2.27. The van der Waals surface area contributed by atoms with Gasteiger partial charge in [-0.2, -0.15) is 0 Å². The van der Waals surface area contributed by atoms with E-state index in [0.717, 1.165) is 32.9 Å². The lowest BCUT2D eigenvalue weighted by Crippen LogP contribution is -2.27. The number of fused-ring (bicyclic) bond motifs is 1. The quantitative estimate of drug-likeness (QED) is 0.531. The second-order valence-electron chi connectivity index (χ2n) is 6.67. The first kappa shape index (κ1) is 21.8. The number of hydrogen-bond acceptors (Lipinski definition) is 5. The van der Waals surface area contributed by atoms with E-state index in [1.165, 1.54) is 11.8 Å². The maximum Gasteiger partial charge on any atom is 0.252 e. The van der Waals surface area contributed by atoms with Crippen LogP contribution in [0.15, 0.2) is 58.2 Å². The minimum Gasteiger partial charge on any atom is -0.497 e. The Bertz CT molecular complexity index is 1090. The number of thioether (sulfide) groups is 1. The molecule has 1 N–H and O–H groups in total. The van der Waals surface area contributed by atoms with Crippen molar-refractivity contribution < 1.29 is 14.3 Å². The molecule has 1 heterocycles. The van der Waals surface area contributed by atoms with Gasteiger partial charge in [-0.1, -0.05) is 24.3 Å². The molecular weight excluding hydrogens is 400 g/mol. The highest BCUT2D eigenvalue weighted by Gasteiger charge is 2.11. The Kier molecular flexibility index (Phi) is 7.41. The fourth-order valence-electron chi connectivity index (χ4n) is 3.34. The Balaban J connectivity index is 1.60. The number of hydrogen-bond donors (Lipinski definition) is 1. The van der Waals surface area contributed by atoms with Crippen LogP contribution in [0.1, 0.15) is 12.5 Å². The summed E-state index contributed by atoms with van der Waals surface area (Å²) in [5, 5.41) is 3.92. The van der Waals surface area contributed by atoms with Crippen molar-refractivity contribution in [3.63, 3.8) is 0 Å². The highest BCUT2D eigenvalue weighted by molar-refractivity contribution is 8.00. The topological polar surface area (TPSA) is 69.6 Å².